The second kappa shape index (κ2) is 5.92. The molecule has 0 saturated heterocycles. The first kappa shape index (κ1) is 16.2. The van der Waals surface area contributed by atoms with Crippen molar-refractivity contribution in [1.29, 1.82) is 0 Å². The van der Waals surface area contributed by atoms with Gasteiger partial charge in [0.2, 0.25) is 0 Å². The van der Waals surface area contributed by atoms with Crippen molar-refractivity contribution in [2.24, 2.45) is 5.92 Å². The maximum atomic E-state index is 12.6. The molecule has 0 saturated carbocycles. The Balaban J connectivity index is 1.78. The highest BCUT2D eigenvalue weighted by molar-refractivity contribution is 7.92. The first-order valence-corrected chi connectivity index (χ1v) is 10.0. The molecule has 0 amide bonds. The van der Waals surface area contributed by atoms with E-state index in [0.29, 0.717) is 11.6 Å². The zero-order valence-corrected chi connectivity index (χ0v) is 15.2. The molecule has 130 valence electrons. The van der Waals surface area contributed by atoms with Gasteiger partial charge in [-0.2, -0.15) is 0 Å². The third-order valence-corrected chi connectivity index (χ3v) is 6.32. The van der Waals surface area contributed by atoms with E-state index in [9.17, 15) is 8.42 Å². The van der Waals surface area contributed by atoms with Crippen LogP contribution in [0.5, 0.6) is 0 Å². The molecular formula is C20H21NO3S. The zero-order chi connectivity index (χ0) is 17.6. The minimum absolute atomic E-state index is 0.261. The van der Waals surface area contributed by atoms with Crippen molar-refractivity contribution in [2.45, 2.75) is 38.0 Å². The van der Waals surface area contributed by atoms with E-state index >= 15 is 0 Å². The molecule has 1 atom stereocenters. The molecule has 1 N–H and O–H groups in total. The summed E-state index contributed by atoms with van der Waals surface area (Å²) in [5, 5.41) is 1.03. The fraction of sp³-hybridized carbons (Fsp3) is 0.300. The summed E-state index contributed by atoms with van der Waals surface area (Å²) in [5.41, 5.74) is 3.54. The predicted molar refractivity (Wildman–Crippen MR) is 99.4 cm³/mol. The average Bonchev–Trinajstić information content (AvgIpc) is 2.92. The number of hydrogen-bond donors (Lipinski definition) is 1. The van der Waals surface area contributed by atoms with Gasteiger partial charge in [0.05, 0.1) is 10.6 Å². The Labute approximate surface area is 147 Å². The van der Waals surface area contributed by atoms with E-state index in [0.717, 1.165) is 41.6 Å². The third-order valence-electron chi connectivity index (χ3n) is 4.94. The largest absolute Gasteiger partial charge is 0.461 e. The van der Waals surface area contributed by atoms with Gasteiger partial charge in [-0.05, 0) is 55.5 Å². The Morgan fingerprint density at radius 1 is 1.16 bits per heavy atom. The monoisotopic (exact) mass is 355 g/mol. The van der Waals surface area contributed by atoms with Gasteiger partial charge < -0.3 is 4.42 Å². The van der Waals surface area contributed by atoms with E-state index in [1.54, 1.807) is 30.3 Å². The summed E-state index contributed by atoms with van der Waals surface area (Å²) in [4.78, 5) is 0.261. The highest BCUT2D eigenvalue weighted by Gasteiger charge is 2.23. The van der Waals surface area contributed by atoms with Crippen molar-refractivity contribution in [1.82, 2.24) is 0 Å². The molecular weight excluding hydrogens is 334 g/mol. The molecule has 1 aromatic heterocycles. The number of anilines is 1. The quantitative estimate of drug-likeness (QED) is 0.743. The lowest BCUT2D eigenvalue weighted by atomic mass is 9.88. The second-order valence-corrected chi connectivity index (χ2v) is 8.62. The van der Waals surface area contributed by atoms with Crippen molar-refractivity contribution < 1.29 is 12.8 Å². The smallest absolute Gasteiger partial charge is 0.261 e. The fourth-order valence-corrected chi connectivity index (χ4v) is 4.66. The molecule has 1 aliphatic rings. The van der Waals surface area contributed by atoms with E-state index in [4.69, 9.17) is 4.42 Å². The maximum absolute atomic E-state index is 12.6. The van der Waals surface area contributed by atoms with E-state index in [1.807, 2.05) is 19.1 Å². The molecule has 0 bridgehead atoms. The Kier molecular flexibility index (Phi) is 3.84. The highest BCUT2D eigenvalue weighted by atomic mass is 32.2. The molecule has 0 aliphatic heterocycles. The van der Waals surface area contributed by atoms with Crippen molar-refractivity contribution >= 4 is 26.7 Å². The summed E-state index contributed by atoms with van der Waals surface area (Å²) >= 11 is 0. The number of nitrogens with one attached hydrogen (secondary N) is 1. The summed E-state index contributed by atoms with van der Waals surface area (Å²) in [5.74, 6) is 1.68. The lowest BCUT2D eigenvalue weighted by molar-refractivity contribution is 0.438. The van der Waals surface area contributed by atoms with Crippen molar-refractivity contribution in [3.8, 4) is 0 Å². The van der Waals surface area contributed by atoms with Gasteiger partial charge in [0, 0.05) is 17.4 Å². The second-order valence-electron chi connectivity index (χ2n) is 6.93. The Hall–Kier alpha value is -2.27. The van der Waals surface area contributed by atoms with Crippen LogP contribution in [0, 0.1) is 12.8 Å². The maximum Gasteiger partial charge on any atom is 0.261 e. The molecule has 25 heavy (non-hydrogen) atoms. The van der Waals surface area contributed by atoms with Crippen LogP contribution in [-0.2, 0) is 22.9 Å². The summed E-state index contributed by atoms with van der Waals surface area (Å²) in [6.45, 7) is 4.14. The Morgan fingerprint density at radius 3 is 2.68 bits per heavy atom. The highest BCUT2D eigenvalue weighted by Crippen LogP contribution is 2.36. The summed E-state index contributed by atoms with van der Waals surface area (Å²) in [6.07, 6.45) is 3.07. The van der Waals surface area contributed by atoms with Gasteiger partial charge in [0.25, 0.3) is 10.0 Å². The molecule has 1 aliphatic carbocycles. The fourth-order valence-electron chi connectivity index (χ4n) is 3.51. The zero-order valence-electron chi connectivity index (χ0n) is 14.4. The van der Waals surface area contributed by atoms with Crippen molar-refractivity contribution in [3.63, 3.8) is 0 Å². The van der Waals surface area contributed by atoms with Crippen LogP contribution in [0.2, 0.25) is 0 Å². The predicted octanol–water partition coefficient (Wildman–Crippen LogP) is 4.67. The van der Waals surface area contributed by atoms with Gasteiger partial charge in [-0.15, -0.1) is 0 Å². The van der Waals surface area contributed by atoms with Crippen LogP contribution in [0.1, 0.15) is 30.2 Å². The number of sulfonamides is 1. The van der Waals surface area contributed by atoms with E-state index in [-0.39, 0.29) is 4.90 Å². The Bertz CT molecular complexity index is 1040. The van der Waals surface area contributed by atoms with Crippen molar-refractivity contribution in [2.75, 3.05) is 4.72 Å². The van der Waals surface area contributed by atoms with Gasteiger partial charge in [-0.25, -0.2) is 8.42 Å². The number of fused-ring (bicyclic) bond motifs is 3. The van der Waals surface area contributed by atoms with Crippen LogP contribution in [0.3, 0.4) is 0 Å². The van der Waals surface area contributed by atoms with Crippen LogP contribution in [0.15, 0.2) is 51.8 Å². The number of hydrogen-bond acceptors (Lipinski definition) is 3. The minimum Gasteiger partial charge on any atom is -0.461 e. The first-order chi connectivity index (χ1) is 11.9. The molecule has 1 heterocycles. The van der Waals surface area contributed by atoms with Gasteiger partial charge in [-0.1, -0.05) is 25.1 Å². The van der Waals surface area contributed by atoms with Gasteiger partial charge in [-0.3, -0.25) is 4.72 Å². The van der Waals surface area contributed by atoms with E-state index in [2.05, 4.69) is 11.6 Å². The standard InChI is InChI=1S/C20H21NO3S/c1-13-8-9-19-16(10-13)17-12-18(14(2)11-20(17)24-19)21-25(22,23)15-6-4-3-5-7-15/h3-7,11-13,21H,8-10H2,1-2H3/t13-/m0/s1. The minimum atomic E-state index is -3.60. The molecule has 4 nitrogen and oxygen atoms in total. The van der Waals surface area contributed by atoms with Crippen LogP contribution < -0.4 is 4.72 Å². The van der Waals surface area contributed by atoms with Crippen molar-refractivity contribution in [3.05, 3.63) is 59.4 Å². The number of rotatable bonds is 3. The number of furan rings is 1. The molecule has 2 aromatic carbocycles. The van der Waals surface area contributed by atoms with Crippen LogP contribution in [-0.4, -0.2) is 8.42 Å². The van der Waals surface area contributed by atoms with Gasteiger partial charge in [0.1, 0.15) is 11.3 Å². The average molecular weight is 355 g/mol. The Morgan fingerprint density at radius 2 is 1.92 bits per heavy atom. The first-order valence-electron chi connectivity index (χ1n) is 8.57. The SMILES string of the molecule is Cc1cc2oc3c(c2cc1NS(=O)(=O)c1ccccc1)C[C@@H](C)CC3. The third kappa shape index (κ3) is 2.93. The van der Waals surface area contributed by atoms with Crippen LogP contribution in [0.4, 0.5) is 5.69 Å². The molecule has 5 heteroatoms. The lowest BCUT2D eigenvalue weighted by Crippen LogP contribution is -2.13. The number of benzene rings is 2. The van der Waals surface area contributed by atoms with E-state index < -0.39 is 10.0 Å². The molecule has 0 radical (unpaired) electrons. The topological polar surface area (TPSA) is 59.3 Å². The summed E-state index contributed by atoms with van der Waals surface area (Å²) in [6, 6.07) is 12.3. The summed E-state index contributed by atoms with van der Waals surface area (Å²) in [7, 11) is -3.60. The molecule has 0 spiro atoms. The van der Waals surface area contributed by atoms with Crippen LogP contribution in [0.25, 0.3) is 11.0 Å². The van der Waals surface area contributed by atoms with E-state index in [1.165, 1.54) is 5.56 Å². The normalized spacial score (nSPS) is 17.4. The van der Waals surface area contributed by atoms with Crippen LogP contribution >= 0.6 is 0 Å². The number of aryl methyl sites for hydroxylation is 2. The lowest BCUT2D eigenvalue weighted by Gasteiger charge is -2.17. The van der Waals surface area contributed by atoms with Gasteiger partial charge in [0.15, 0.2) is 0 Å². The molecule has 0 fully saturated rings. The molecule has 0 unspecified atom stereocenters. The molecule has 4 rings (SSSR count). The van der Waals surface area contributed by atoms with Gasteiger partial charge >= 0.3 is 0 Å². The molecule has 3 aromatic rings. The summed E-state index contributed by atoms with van der Waals surface area (Å²) < 4.78 is 34.0.